The molecule has 0 bridgehead atoms. The fourth-order valence-corrected chi connectivity index (χ4v) is 7.95. The van der Waals surface area contributed by atoms with E-state index in [-0.39, 0.29) is 0 Å². The third kappa shape index (κ3) is 2.66. The first-order valence-corrected chi connectivity index (χ1v) is 15.1. The molecule has 2 heterocycles. The quantitative estimate of drug-likeness (QED) is 0.211. The second-order valence-electron chi connectivity index (χ2n) is 11.9. The molecule has 11 rings (SSSR count). The van der Waals surface area contributed by atoms with Crippen LogP contribution >= 0.6 is 0 Å². The Hall–Kier alpha value is -5.93. The largest absolute Gasteiger partial charge is 0.435 e. The first-order chi connectivity index (χ1) is 21.8. The van der Waals surface area contributed by atoms with Crippen LogP contribution in [0.25, 0.3) is 105 Å². The standard InChI is InChI=1S/C41H22N2O/c1-2-9-24(10-3-1)41-42-39-30-20-22-32(29-16-7-17-31(36(29)30)40(39)44-41)43-33-18-8-15-28-26-13-5-4-12-25(26)27-14-6-11-23-19-21-34(43)38(35(23)27)37(28)33/h1-22H. The minimum atomic E-state index is 0.662. The van der Waals surface area contributed by atoms with Gasteiger partial charge in [0.15, 0.2) is 5.76 Å². The number of rotatable bonds is 2. The topological polar surface area (TPSA) is 31.0 Å². The van der Waals surface area contributed by atoms with E-state index in [9.17, 15) is 0 Å². The maximum absolute atomic E-state index is 6.46. The SMILES string of the molecule is c1ccc(-c2nc3c(o2)-c2cccc4c(-n5c6cccc7c6c6c8c(cccc8ccc65)-c5ccccc5-7)ccc-3c24)cc1. The van der Waals surface area contributed by atoms with Crippen LogP contribution in [0.1, 0.15) is 0 Å². The normalized spacial score (nSPS) is 12.5. The molecule has 0 saturated carbocycles. The summed E-state index contributed by atoms with van der Waals surface area (Å²) in [6.07, 6.45) is 0. The summed E-state index contributed by atoms with van der Waals surface area (Å²) in [5, 5.41) is 7.64. The van der Waals surface area contributed by atoms with E-state index in [1.807, 2.05) is 30.3 Å². The van der Waals surface area contributed by atoms with Gasteiger partial charge in [0, 0.05) is 38.2 Å². The zero-order valence-corrected chi connectivity index (χ0v) is 23.5. The van der Waals surface area contributed by atoms with E-state index >= 15 is 0 Å². The number of hydrogen-bond acceptors (Lipinski definition) is 2. The van der Waals surface area contributed by atoms with Gasteiger partial charge in [0.25, 0.3) is 0 Å². The lowest BCUT2D eigenvalue weighted by Crippen LogP contribution is -1.97. The van der Waals surface area contributed by atoms with Crippen LogP contribution in [0.15, 0.2) is 138 Å². The molecule has 0 fully saturated rings. The van der Waals surface area contributed by atoms with Gasteiger partial charge in [0.1, 0.15) is 5.69 Å². The molecule has 0 N–H and O–H groups in total. The molecule has 0 spiro atoms. The average Bonchev–Trinajstić information content (AvgIpc) is 3.73. The highest BCUT2D eigenvalue weighted by atomic mass is 16.4. The second kappa shape index (κ2) is 7.91. The number of fused-ring (bicyclic) bond motifs is 6. The summed E-state index contributed by atoms with van der Waals surface area (Å²) in [4.78, 5) is 5.00. The highest BCUT2D eigenvalue weighted by Crippen LogP contribution is 2.52. The number of oxazole rings is 1. The van der Waals surface area contributed by atoms with Crippen molar-refractivity contribution in [2.75, 3.05) is 0 Å². The summed E-state index contributed by atoms with van der Waals surface area (Å²) in [5.41, 5.74) is 12.9. The van der Waals surface area contributed by atoms with Crippen molar-refractivity contribution in [1.29, 1.82) is 0 Å². The summed E-state index contributed by atoms with van der Waals surface area (Å²) >= 11 is 0. The Morgan fingerprint density at radius 1 is 0.455 bits per heavy atom. The Balaban J connectivity index is 1.24. The van der Waals surface area contributed by atoms with Crippen molar-refractivity contribution in [3.8, 4) is 62.0 Å². The van der Waals surface area contributed by atoms with Crippen LogP contribution in [0.4, 0.5) is 0 Å². The smallest absolute Gasteiger partial charge is 0.227 e. The lowest BCUT2D eigenvalue weighted by atomic mass is 9.93. The average molecular weight is 559 g/mol. The highest BCUT2D eigenvalue weighted by molar-refractivity contribution is 6.31. The molecule has 3 nitrogen and oxygen atoms in total. The molecule has 202 valence electrons. The summed E-state index contributed by atoms with van der Waals surface area (Å²) < 4.78 is 8.93. The maximum atomic E-state index is 6.46. The molecular weight excluding hydrogens is 536 g/mol. The third-order valence-corrected chi connectivity index (χ3v) is 9.71. The van der Waals surface area contributed by atoms with Crippen molar-refractivity contribution in [3.05, 3.63) is 133 Å². The van der Waals surface area contributed by atoms with E-state index in [0.717, 1.165) is 28.1 Å². The lowest BCUT2D eigenvalue weighted by molar-refractivity contribution is 0.590. The number of nitrogens with zero attached hydrogens (tertiary/aromatic N) is 2. The summed E-state index contributed by atoms with van der Waals surface area (Å²) in [7, 11) is 0. The predicted molar refractivity (Wildman–Crippen MR) is 180 cm³/mol. The molecule has 0 atom stereocenters. The molecule has 7 aromatic carbocycles. The first-order valence-electron chi connectivity index (χ1n) is 15.1. The van der Waals surface area contributed by atoms with E-state index in [0.29, 0.717) is 5.89 Å². The third-order valence-electron chi connectivity index (χ3n) is 9.71. The van der Waals surface area contributed by atoms with Gasteiger partial charge in [-0.15, -0.1) is 0 Å². The van der Waals surface area contributed by atoms with Gasteiger partial charge in [0.05, 0.1) is 16.7 Å². The van der Waals surface area contributed by atoms with Gasteiger partial charge < -0.3 is 8.98 Å². The maximum Gasteiger partial charge on any atom is 0.227 e. The van der Waals surface area contributed by atoms with Crippen molar-refractivity contribution >= 4 is 43.4 Å². The van der Waals surface area contributed by atoms with Crippen molar-refractivity contribution < 1.29 is 4.42 Å². The molecule has 0 radical (unpaired) electrons. The Morgan fingerprint density at radius 3 is 2.02 bits per heavy atom. The molecule has 2 aromatic heterocycles. The molecule has 0 saturated heterocycles. The lowest BCUT2D eigenvalue weighted by Gasteiger charge is -2.15. The summed E-state index contributed by atoms with van der Waals surface area (Å²) in [6, 6.07) is 48.2. The molecule has 44 heavy (non-hydrogen) atoms. The Morgan fingerprint density at radius 2 is 1.16 bits per heavy atom. The van der Waals surface area contributed by atoms with Gasteiger partial charge in [-0.2, -0.15) is 0 Å². The number of aromatic nitrogens is 2. The van der Waals surface area contributed by atoms with Gasteiger partial charge in [-0.25, -0.2) is 4.98 Å². The Labute approximate surface area is 252 Å². The number of hydrogen-bond donors (Lipinski definition) is 0. The monoisotopic (exact) mass is 558 g/mol. The summed E-state index contributed by atoms with van der Waals surface area (Å²) in [6.45, 7) is 0. The summed E-state index contributed by atoms with van der Waals surface area (Å²) in [5.74, 6) is 1.52. The van der Waals surface area contributed by atoms with E-state index in [2.05, 4.69) is 108 Å². The van der Waals surface area contributed by atoms with Crippen molar-refractivity contribution in [3.63, 3.8) is 0 Å². The molecule has 0 amide bonds. The second-order valence-corrected chi connectivity index (χ2v) is 11.9. The molecule has 9 aromatic rings. The first kappa shape index (κ1) is 22.6. The van der Waals surface area contributed by atoms with Crippen LogP contribution in [0.2, 0.25) is 0 Å². The number of benzene rings is 7. The van der Waals surface area contributed by atoms with Crippen LogP contribution in [-0.2, 0) is 0 Å². The van der Waals surface area contributed by atoms with E-state index in [1.165, 1.54) is 71.3 Å². The minimum Gasteiger partial charge on any atom is -0.435 e. The molecule has 0 aliphatic heterocycles. The van der Waals surface area contributed by atoms with E-state index in [4.69, 9.17) is 9.40 Å². The van der Waals surface area contributed by atoms with Gasteiger partial charge in [-0.1, -0.05) is 97.1 Å². The van der Waals surface area contributed by atoms with Gasteiger partial charge in [-0.3, -0.25) is 0 Å². The van der Waals surface area contributed by atoms with Gasteiger partial charge in [0.2, 0.25) is 5.89 Å². The fourth-order valence-electron chi connectivity index (χ4n) is 7.95. The zero-order valence-electron chi connectivity index (χ0n) is 23.5. The molecular formula is C41H22N2O. The minimum absolute atomic E-state index is 0.662. The molecule has 2 aliphatic carbocycles. The van der Waals surface area contributed by atoms with Crippen LogP contribution < -0.4 is 0 Å². The fraction of sp³-hybridized carbons (Fsp3) is 0. The van der Waals surface area contributed by atoms with Crippen molar-refractivity contribution in [1.82, 2.24) is 9.55 Å². The zero-order chi connectivity index (χ0) is 28.5. The van der Waals surface area contributed by atoms with E-state index < -0.39 is 0 Å². The van der Waals surface area contributed by atoms with Gasteiger partial charge in [-0.05, 0) is 69.4 Å². The van der Waals surface area contributed by atoms with Crippen LogP contribution in [0.3, 0.4) is 0 Å². The molecule has 2 aliphatic rings. The van der Waals surface area contributed by atoms with E-state index in [1.54, 1.807) is 0 Å². The van der Waals surface area contributed by atoms with Crippen molar-refractivity contribution in [2.24, 2.45) is 0 Å². The van der Waals surface area contributed by atoms with Crippen molar-refractivity contribution in [2.45, 2.75) is 0 Å². The Kier molecular flexibility index (Phi) is 4.07. The van der Waals surface area contributed by atoms with Crippen LogP contribution in [0.5, 0.6) is 0 Å². The van der Waals surface area contributed by atoms with Gasteiger partial charge >= 0.3 is 0 Å². The predicted octanol–water partition coefficient (Wildman–Crippen LogP) is 11.0. The Bertz CT molecular complexity index is 2680. The highest BCUT2D eigenvalue weighted by Gasteiger charge is 2.30. The molecule has 3 heteroatoms. The van der Waals surface area contributed by atoms with Crippen LogP contribution in [0, 0.1) is 0 Å². The molecule has 0 unspecified atom stereocenters. The van der Waals surface area contributed by atoms with Crippen LogP contribution in [-0.4, -0.2) is 9.55 Å².